The van der Waals surface area contributed by atoms with Gasteiger partial charge in [0, 0.05) is 11.5 Å². The fourth-order valence-electron chi connectivity index (χ4n) is 0.822. The molecule has 0 aromatic heterocycles. The molecule has 6 heteroatoms. The molecular weight excluding hydrogens is 202 g/mol. The van der Waals surface area contributed by atoms with Crippen molar-refractivity contribution in [1.82, 2.24) is 0 Å². The molecule has 0 aliphatic heterocycles. The maximum atomic E-state index is 10.4. The van der Waals surface area contributed by atoms with Gasteiger partial charge in [0.05, 0.1) is 11.9 Å². The molecule has 0 bridgehead atoms. The monoisotopic (exact) mass is 219 g/mol. The van der Waals surface area contributed by atoms with Gasteiger partial charge in [-0.3, -0.25) is 9.79 Å². The number of hydrogen-bond donors (Lipinski definition) is 3. The predicted octanol–water partition coefficient (Wildman–Crippen LogP) is -0.103. The standard InChI is InChI=1S/C8H17N3O2S/c1-5(11-6(2)9)3-14-4-7(10)8(12)13/h5,7H,3-4,10H2,1-2H3,(H2,9,11)(H,12,13)/t5-,7?/m0/s1. The normalized spacial score (nSPS) is 16.4. The summed E-state index contributed by atoms with van der Waals surface area (Å²) in [6.07, 6.45) is 0. The first kappa shape index (κ1) is 13.2. The smallest absolute Gasteiger partial charge is 0.321 e. The van der Waals surface area contributed by atoms with E-state index in [-0.39, 0.29) is 6.04 Å². The highest BCUT2D eigenvalue weighted by atomic mass is 32.2. The van der Waals surface area contributed by atoms with E-state index in [9.17, 15) is 4.79 Å². The molecular formula is C8H17N3O2S. The number of carboxylic acid groups (broad SMARTS) is 1. The highest BCUT2D eigenvalue weighted by Gasteiger charge is 2.11. The number of rotatable bonds is 6. The molecule has 0 amide bonds. The van der Waals surface area contributed by atoms with Crippen LogP contribution in [0.1, 0.15) is 13.8 Å². The number of aliphatic imine (C=N–C) groups is 1. The van der Waals surface area contributed by atoms with Crippen LogP contribution in [-0.4, -0.2) is 40.5 Å². The van der Waals surface area contributed by atoms with Crippen molar-refractivity contribution in [3.8, 4) is 0 Å². The maximum absolute atomic E-state index is 10.4. The lowest BCUT2D eigenvalue weighted by atomic mass is 10.4. The van der Waals surface area contributed by atoms with Gasteiger partial charge >= 0.3 is 5.97 Å². The SMILES string of the molecule is CC(N)=N[C@@H](C)CSCC(N)C(=O)O. The average molecular weight is 219 g/mol. The van der Waals surface area contributed by atoms with Crippen molar-refractivity contribution in [2.24, 2.45) is 16.5 Å². The van der Waals surface area contributed by atoms with Gasteiger partial charge in [-0.25, -0.2) is 0 Å². The third kappa shape index (κ3) is 6.73. The van der Waals surface area contributed by atoms with Crippen LogP contribution in [0.15, 0.2) is 4.99 Å². The van der Waals surface area contributed by atoms with Crippen LogP contribution in [0, 0.1) is 0 Å². The summed E-state index contributed by atoms with van der Waals surface area (Å²) >= 11 is 1.47. The second kappa shape index (κ2) is 6.67. The van der Waals surface area contributed by atoms with Crippen LogP contribution < -0.4 is 11.5 Å². The minimum atomic E-state index is -0.969. The van der Waals surface area contributed by atoms with Gasteiger partial charge in [0.1, 0.15) is 6.04 Å². The Morgan fingerprint density at radius 3 is 2.57 bits per heavy atom. The molecule has 5 N–H and O–H groups in total. The topological polar surface area (TPSA) is 102 Å². The minimum Gasteiger partial charge on any atom is -0.480 e. The minimum absolute atomic E-state index is 0.103. The average Bonchev–Trinajstić information content (AvgIpc) is 2.02. The van der Waals surface area contributed by atoms with Crippen molar-refractivity contribution in [2.75, 3.05) is 11.5 Å². The van der Waals surface area contributed by atoms with Crippen molar-refractivity contribution in [3.05, 3.63) is 0 Å². The Morgan fingerprint density at radius 2 is 2.14 bits per heavy atom. The summed E-state index contributed by atoms with van der Waals surface area (Å²) in [6.45, 7) is 3.65. The van der Waals surface area contributed by atoms with Crippen LogP contribution in [0.5, 0.6) is 0 Å². The van der Waals surface area contributed by atoms with Crippen LogP contribution in [0.2, 0.25) is 0 Å². The van der Waals surface area contributed by atoms with Gasteiger partial charge in [-0.05, 0) is 13.8 Å². The molecule has 1 unspecified atom stereocenters. The van der Waals surface area contributed by atoms with Gasteiger partial charge in [-0.15, -0.1) is 0 Å². The van der Waals surface area contributed by atoms with Crippen molar-refractivity contribution >= 4 is 23.6 Å². The summed E-state index contributed by atoms with van der Waals surface area (Å²) in [5.74, 6) is 0.707. The zero-order chi connectivity index (χ0) is 11.1. The third-order valence-electron chi connectivity index (χ3n) is 1.40. The van der Waals surface area contributed by atoms with Gasteiger partial charge in [0.25, 0.3) is 0 Å². The molecule has 0 aromatic carbocycles. The molecule has 82 valence electrons. The number of nitrogens with two attached hydrogens (primary N) is 2. The zero-order valence-corrected chi connectivity index (χ0v) is 9.25. The Kier molecular flexibility index (Phi) is 6.31. The van der Waals surface area contributed by atoms with Gasteiger partial charge < -0.3 is 16.6 Å². The summed E-state index contributed by atoms with van der Waals surface area (Å²) in [4.78, 5) is 14.5. The Bertz CT molecular complexity index is 217. The van der Waals surface area contributed by atoms with E-state index in [1.165, 1.54) is 11.8 Å². The number of hydrogen-bond acceptors (Lipinski definition) is 4. The summed E-state index contributed by atoms with van der Waals surface area (Å²) < 4.78 is 0. The van der Waals surface area contributed by atoms with Gasteiger partial charge in [-0.2, -0.15) is 11.8 Å². The van der Waals surface area contributed by atoms with Crippen molar-refractivity contribution in [2.45, 2.75) is 25.9 Å². The van der Waals surface area contributed by atoms with E-state index in [0.717, 1.165) is 5.75 Å². The molecule has 0 spiro atoms. The maximum Gasteiger partial charge on any atom is 0.321 e. The number of amidine groups is 1. The van der Waals surface area contributed by atoms with Crippen LogP contribution in [0.25, 0.3) is 0 Å². The molecule has 2 atom stereocenters. The van der Waals surface area contributed by atoms with Crippen molar-refractivity contribution in [3.63, 3.8) is 0 Å². The molecule has 14 heavy (non-hydrogen) atoms. The Morgan fingerprint density at radius 1 is 1.57 bits per heavy atom. The number of nitrogens with zero attached hydrogens (tertiary/aromatic N) is 1. The third-order valence-corrected chi connectivity index (χ3v) is 2.71. The first-order chi connectivity index (χ1) is 6.43. The molecule has 5 nitrogen and oxygen atoms in total. The quantitative estimate of drug-likeness (QED) is 0.427. The molecule has 0 rings (SSSR count). The number of carboxylic acids is 1. The largest absolute Gasteiger partial charge is 0.480 e. The predicted molar refractivity (Wildman–Crippen MR) is 59.7 cm³/mol. The van der Waals surface area contributed by atoms with E-state index in [1.54, 1.807) is 6.92 Å². The Labute approximate surface area is 87.9 Å². The number of carbonyl (C=O) groups is 1. The second-order valence-electron chi connectivity index (χ2n) is 3.10. The van der Waals surface area contributed by atoms with Gasteiger partial charge in [-0.1, -0.05) is 0 Å². The van der Waals surface area contributed by atoms with E-state index >= 15 is 0 Å². The van der Waals surface area contributed by atoms with Gasteiger partial charge in [0.15, 0.2) is 0 Å². The molecule has 0 heterocycles. The zero-order valence-electron chi connectivity index (χ0n) is 8.43. The first-order valence-electron chi connectivity index (χ1n) is 4.29. The molecule has 0 aliphatic rings. The molecule has 0 saturated heterocycles. The van der Waals surface area contributed by atoms with Crippen LogP contribution in [0.3, 0.4) is 0 Å². The lowest BCUT2D eigenvalue weighted by molar-refractivity contribution is -0.137. The van der Waals surface area contributed by atoms with Gasteiger partial charge in [0.2, 0.25) is 0 Å². The van der Waals surface area contributed by atoms with E-state index in [4.69, 9.17) is 16.6 Å². The van der Waals surface area contributed by atoms with Crippen LogP contribution in [-0.2, 0) is 4.79 Å². The Balaban J connectivity index is 3.64. The van der Waals surface area contributed by atoms with E-state index < -0.39 is 12.0 Å². The lowest BCUT2D eigenvalue weighted by Gasteiger charge is -2.08. The molecule has 0 radical (unpaired) electrons. The highest BCUT2D eigenvalue weighted by Crippen LogP contribution is 2.06. The lowest BCUT2D eigenvalue weighted by Crippen LogP contribution is -2.32. The molecule has 0 aliphatic carbocycles. The fraction of sp³-hybridized carbons (Fsp3) is 0.750. The van der Waals surface area contributed by atoms with E-state index in [0.29, 0.717) is 11.6 Å². The number of thioether (sulfide) groups is 1. The molecule has 0 fully saturated rings. The second-order valence-corrected chi connectivity index (χ2v) is 4.18. The van der Waals surface area contributed by atoms with Crippen LogP contribution in [0.4, 0.5) is 0 Å². The van der Waals surface area contributed by atoms with E-state index in [1.807, 2.05) is 6.92 Å². The first-order valence-corrected chi connectivity index (χ1v) is 5.45. The summed E-state index contributed by atoms with van der Waals surface area (Å²) in [7, 11) is 0. The summed E-state index contributed by atoms with van der Waals surface area (Å²) in [6, 6.07) is -0.693. The Hall–Kier alpha value is -0.750. The van der Waals surface area contributed by atoms with Crippen molar-refractivity contribution in [1.29, 1.82) is 0 Å². The number of aliphatic carboxylic acids is 1. The van der Waals surface area contributed by atoms with E-state index in [2.05, 4.69) is 4.99 Å². The molecule has 0 saturated carbocycles. The van der Waals surface area contributed by atoms with Crippen molar-refractivity contribution < 1.29 is 9.90 Å². The molecule has 0 aromatic rings. The highest BCUT2D eigenvalue weighted by molar-refractivity contribution is 7.99. The fourth-order valence-corrected chi connectivity index (χ4v) is 1.77. The van der Waals surface area contributed by atoms with Crippen LogP contribution >= 0.6 is 11.8 Å². The summed E-state index contributed by atoms with van der Waals surface area (Å²) in [5.41, 5.74) is 10.7. The summed E-state index contributed by atoms with van der Waals surface area (Å²) in [5, 5.41) is 8.51.